The molecule has 0 saturated heterocycles. The maximum absolute atomic E-state index is 11.5. The average molecular weight is 239 g/mol. The molecule has 0 heterocycles. The third-order valence-electron chi connectivity index (χ3n) is 2.10. The minimum atomic E-state index is -0.469. The minimum absolute atomic E-state index is 0. The van der Waals surface area contributed by atoms with Gasteiger partial charge in [0.25, 0.3) is 0 Å². The Morgan fingerprint density at radius 1 is 1.40 bits per heavy atom. The maximum Gasteiger partial charge on any atom is 0.239 e. The molecule has 0 aromatic heterocycles. The molecule has 4 nitrogen and oxygen atoms in total. The highest BCUT2D eigenvalue weighted by Crippen LogP contribution is 2.00. The van der Waals surface area contributed by atoms with Crippen molar-refractivity contribution in [1.29, 1.82) is 0 Å². The largest absolute Gasteiger partial charge is 0.395 e. The first-order valence-corrected chi connectivity index (χ1v) is 5.28. The van der Waals surface area contributed by atoms with Crippen molar-refractivity contribution in [2.45, 2.75) is 39.2 Å². The second-order valence-electron chi connectivity index (χ2n) is 3.54. The molecule has 1 amide bonds. The lowest BCUT2D eigenvalue weighted by atomic mass is 10.2. The van der Waals surface area contributed by atoms with Gasteiger partial charge < -0.3 is 15.7 Å². The number of aliphatic hydroxyl groups excluding tert-OH is 1. The van der Waals surface area contributed by atoms with E-state index in [1.165, 1.54) is 0 Å². The Morgan fingerprint density at radius 2 is 2.00 bits per heavy atom. The van der Waals surface area contributed by atoms with E-state index >= 15 is 0 Å². The van der Waals surface area contributed by atoms with Crippen molar-refractivity contribution < 1.29 is 9.90 Å². The fraction of sp³-hybridized carbons (Fsp3) is 0.900. The lowest BCUT2D eigenvalue weighted by molar-refractivity contribution is -0.132. The van der Waals surface area contributed by atoms with Gasteiger partial charge in [-0.15, -0.1) is 12.4 Å². The van der Waals surface area contributed by atoms with Crippen molar-refractivity contribution in [2.75, 3.05) is 19.7 Å². The van der Waals surface area contributed by atoms with Gasteiger partial charge in [0, 0.05) is 13.1 Å². The van der Waals surface area contributed by atoms with Crippen molar-refractivity contribution in [2.24, 2.45) is 5.73 Å². The number of nitrogens with zero attached hydrogens (tertiary/aromatic N) is 1. The molecule has 0 bridgehead atoms. The molecule has 15 heavy (non-hydrogen) atoms. The Morgan fingerprint density at radius 3 is 2.40 bits per heavy atom. The van der Waals surface area contributed by atoms with Gasteiger partial charge in [-0.1, -0.05) is 19.8 Å². The van der Waals surface area contributed by atoms with Crippen molar-refractivity contribution in [3.05, 3.63) is 0 Å². The van der Waals surface area contributed by atoms with Crippen LogP contribution in [0.3, 0.4) is 0 Å². The van der Waals surface area contributed by atoms with Gasteiger partial charge in [0.1, 0.15) is 0 Å². The van der Waals surface area contributed by atoms with Gasteiger partial charge in [-0.3, -0.25) is 4.79 Å². The molecule has 0 spiro atoms. The number of rotatable bonds is 7. The normalized spacial score (nSPS) is 11.7. The number of unbranched alkanes of at least 4 members (excludes halogenated alkanes) is 2. The molecule has 0 saturated carbocycles. The van der Waals surface area contributed by atoms with E-state index < -0.39 is 6.04 Å². The van der Waals surface area contributed by atoms with Crippen LogP contribution in [0.25, 0.3) is 0 Å². The molecule has 1 atom stereocenters. The van der Waals surface area contributed by atoms with Crippen LogP contribution in [0.1, 0.15) is 33.1 Å². The number of amides is 1. The number of hydrogen-bond donors (Lipinski definition) is 2. The van der Waals surface area contributed by atoms with Gasteiger partial charge in [0.05, 0.1) is 12.6 Å². The second kappa shape index (κ2) is 10.2. The first-order chi connectivity index (χ1) is 6.63. The molecular weight excluding hydrogens is 216 g/mol. The van der Waals surface area contributed by atoms with Crippen LogP contribution in [-0.4, -0.2) is 41.7 Å². The van der Waals surface area contributed by atoms with E-state index in [0.29, 0.717) is 13.1 Å². The van der Waals surface area contributed by atoms with Gasteiger partial charge in [-0.2, -0.15) is 0 Å². The summed E-state index contributed by atoms with van der Waals surface area (Å²) in [6.45, 7) is 4.89. The summed E-state index contributed by atoms with van der Waals surface area (Å²) in [7, 11) is 0. The highest BCUT2D eigenvalue weighted by atomic mass is 35.5. The zero-order valence-electron chi connectivity index (χ0n) is 9.61. The summed E-state index contributed by atoms with van der Waals surface area (Å²) < 4.78 is 0. The van der Waals surface area contributed by atoms with Crippen LogP contribution in [0, 0.1) is 0 Å². The van der Waals surface area contributed by atoms with Gasteiger partial charge in [0.2, 0.25) is 5.91 Å². The SMILES string of the molecule is CCCCCN(CCO)C(=O)C(C)N.Cl. The summed E-state index contributed by atoms with van der Waals surface area (Å²) in [5.41, 5.74) is 5.50. The van der Waals surface area contributed by atoms with Gasteiger partial charge in [-0.25, -0.2) is 0 Å². The molecule has 0 aliphatic rings. The van der Waals surface area contributed by atoms with Crippen molar-refractivity contribution in [3.8, 4) is 0 Å². The molecule has 0 aromatic rings. The van der Waals surface area contributed by atoms with Gasteiger partial charge >= 0.3 is 0 Å². The standard InChI is InChI=1S/C10H22N2O2.ClH/c1-3-4-5-6-12(7-8-13)10(14)9(2)11;/h9,13H,3-8,11H2,1-2H3;1H. The Bertz CT molecular complexity index is 166. The molecular formula is C10H23ClN2O2. The van der Waals surface area contributed by atoms with Crippen molar-refractivity contribution in [3.63, 3.8) is 0 Å². The number of hydrogen-bond acceptors (Lipinski definition) is 3. The third-order valence-corrected chi connectivity index (χ3v) is 2.10. The van der Waals surface area contributed by atoms with Crippen molar-refractivity contribution in [1.82, 2.24) is 4.90 Å². The Labute approximate surface area is 98.2 Å². The van der Waals surface area contributed by atoms with Crippen LogP contribution in [0.15, 0.2) is 0 Å². The summed E-state index contributed by atoms with van der Waals surface area (Å²) in [6.07, 6.45) is 3.21. The Balaban J connectivity index is 0. The van der Waals surface area contributed by atoms with Crippen LogP contribution in [0.4, 0.5) is 0 Å². The van der Waals surface area contributed by atoms with E-state index in [4.69, 9.17) is 10.8 Å². The summed E-state index contributed by atoms with van der Waals surface area (Å²) in [5.74, 6) is -0.0739. The highest BCUT2D eigenvalue weighted by Gasteiger charge is 2.15. The number of halogens is 1. The van der Waals surface area contributed by atoms with E-state index in [1.54, 1.807) is 11.8 Å². The molecule has 0 rings (SSSR count). The zero-order valence-corrected chi connectivity index (χ0v) is 10.4. The molecule has 0 radical (unpaired) electrons. The number of aliphatic hydroxyl groups is 1. The van der Waals surface area contributed by atoms with Crippen LogP contribution >= 0.6 is 12.4 Å². The van der Waals surface area contributed by atoms with E-state index in [1.807, 2.05) is 0 Å². The lowest BCUT2D eigenvalue weighted by Crippen LogP contribution is -2.43. The quantitative estimate of drug-likeness (QED) is 0.644. The van der Waals surface area contributed by atoms with E-state index in [-0.39, 0.29) is 24.9 Å². The predicted molar refractivity (Wildman–Crippen MR) is 64.1 cm³/mol. The molecule has 1 unspecified atom stereocenters. The number of carbonyl (C=O) groups excluding carboxylic acids is 1. The van der Waals surface area contributed by atoms with E-state index in [9.17, 15) is 4.79 Å². The van der Waals surface area contributed by atoms with Gasteiger partial charge in [-0.05, 0) is 13.3 Å². The maximum atomic E-state index is 11.5. The fourth-order valence-corrected chi connectivity index (χ4v) is 1.29. The molecule has 5 heteroatoms. The number of nitrogens with two attached hydrogens (primary N) is 1. The first kappa shape index (κ1) is 17.1. The highest BCUT2D eigenvalue weighted by molar-refractivity contribution is 5.85. The van der Waals surface area contributed by atoms with Crippen molar-refractivity contribution >= 4 is 18.3 Å². The smallest absolute Gasteiger partial charge is 0.239 e. The Hall–Kier alpha value is -0.320. The van der Waals surface area contributed by atoms with Crippen LogP contribution in [0.2, 0.25) is 0 Å². The minimum Gasteiger partial charge on any atom is -0.395 e. The molecule has 0 aromatic carbocycles. The molecule has 92 valence electrons. The fourth-order valence-electron chi connectivity index (χ4n) is 1.29. The molecule has 0 aliphatic carbocycles. The summed E-state index contributed by atoms with van der Waals surface area (Å²) in [5, 5.41) is 8.79. The first-order valence-electron chi connectivity index (χ1n) is 5.28. The monoisotopic (exact) mass is 238 g/mol. The molecule has 3 N–H and O–H groups in total. The third kappa shape index (κ3) is 7.59. The van der Waals surface area contributed by atoms with Gasteiger partial charge in [0.15, 0.2) is 0 Å². The summed E-state index contributed by atoms with van der Waals surface area (Å²) >= 11 is 0. The average Bonchev–Trinajstić information content (AvgIpc) is 2.15. The van der Waals surface area contributed by atoms with Crippen LogP contribution < -0.4 is 5.73 Å². The summed E-state index contributed by atoms with van der Waals surface area (Å²) in [6, 6.07) is -0.469. The second-order valence-corrected chi connectivity index (χ2v) is 3.54. The molecule has 0 fully saturated rings. The van der Waals surface area contributed by atoms with E-state index in [0.717, 1.165) is 19.3 Å². The molecule has 0 aliphatic heterocycles. The Kier molecular flexibility index (Phi) is 11.6. The van der Waals surface area contributed by atoms with Crippen LogP contribution in [0.5, 0.6) is 0 Å². The topological polar surface area (TPSA) is 66.6 Å². The van der Waals surface area contributed by atoms with Crippen LogP contribution in [-0.2, 0) is 4.79 Å². The lowest BCUT2D eigenvalue weighted by Gasteiger charge is -2.23. The predicted octanol–water partition coefficient (Wildman–Crippen LogP) is 0.767. The summed E-state index contributed by atoms with van der Waals surface area (Å²) in [4.78, 5) is 13.2. The zero-order chi connectivity index (χ0) is 11.0. The van der Waals surface area contributed by atoms with E-state index in [2.05, 4.69) is 6.92 Å². The number of carbonyl (C=O) groups is 1.